The van der Waals surface area contributed by atoms with Gasteiger partial charge in [-0.1, -0.05) is 0 Å². The minimum atomic E-state index is -3.72. The second kappa shape index (κ2) is 8.35. The number of hydrogen-bond acceptors (Lipinski definition) is 5. The number of ether oxygens (including phenoxy) is 1. The Kier molecular flexibility index (Phi) is 6.41. The van der Waals surface area contributed by atoms with Crippen molar-refractivity contribution in [3.63, 3.8) is 0 Å². The molecule has 8 nitrogen and oxygen atoms in total. The number of carbonyl (C=O) groups is 2. The van der Waals surface area contributed by atoms with Crippen molar-refractivity contribution in [3.8, 4) is 0 Å². The molecule has 144 valence electrons. The predicted molar refractivity (Wildman–Crippen MR) is 93.8 cm³/mol. The molecule has 0 bridgehead atoms. The van der Waals surface area contributed by atoms with Crippen LogP contribution in [0.15, 0.2) is 24.3 Å². The minimum Gasteiger partial charge on any atom is -0.450 e. The Labute approximate surface area is 152 Å². The standard InChI is InChI=1S/C16H22FN3O5S/c1-3-25-16(22)19-10-8-18(9-11-19)15(21)12-20(26(2,23)24)14-6-4-13(17)5-7-14/h4-7H,3,8-12H2,1-2H3. The zero-order chi connectivity index (χ0) is 19.3. The molecule has 0 atom stereocenters. The second-order valence-corrected chi connectivity index (χ2v) is 7.72. The van der Waals surface area contributed by atoms with Crippen molar-refractivity contribution in [2.45, 2.75) is 6.92 Å². The summed E-state index contributed by atoms with van der Waals surface area (Å²) in [4.78, 5) is 27.2. The van der Waals surface area contributed by atoms with E-state index in [1.807, 2.05) is 0 Å². The van der Waals surface area contributed by atoms with E-state index >= 15 is 0 Å². The molecule has 1 aromatic rings. The van der Waals surface area contributed by atoms with Crippen LogP contribution in [0.3, 0.4) is 0 Å². The number of amides is 2. The molecule has 0 aromatic heterocycles. The van der Waals surface area contributed by atoms with Gasteiger partial charge in [-0.15, -0.1) is 0 Å². The van der Waals surface area contributed by atoms with Gasteiger partial charge in [-0.2, -0.15) is 0 Å². The molecule has 1 fully saturated rings. The van der Waals surface area contributed by atoms with E-state index in [9.17, 15) is 22.4 Å². The van der Waals surface area contributed by atoms with Crippen molar-refractivity contribution < 1.29 is 27.1 Å². The number of anilines is 1. The van der Waals surface area contributed by atoms with E-state index in [1.54, 1.807) is 6.92 Å². The lowest BCUT2D eigenvalue weighted by molar-refractivity contribution is -0.131. The smallest absolute Gasteiger partial charge is 0.409 e. The van der Waals surface area contributed by atoms with Gasteiger partial charge < -0.3 is 14.5 Å². The van der Waals surface area contributed by atoms with E-state index in [2.05, 4.69) is 0 Å². The van der Waals surface area contributed by atoms with E-state index < -0.39 is 21.9 Å². The number of rotatable bonds is 5. The van der Waals surface area contributed by atoms with Crippen LogP contribution in [0.1, 0.15) is 6.92 Å². The Morgan fingerprint density at radius 2 is 1.65 bits per heavy atom. The quantitative estimate of drug-likeness (QED) is 0.749. The van der Waals surface area contributed by atoms with Gasteiger partial charge in [0.15, 0.2) is 0 Å². The Bertz CT molecular complexity index is 746. The maximum Gasteiger partial charge on any atom is 0.409 e. The van der Waals surface area contributed by atoms with Gasteiger partial charge in [0, 0.05) is 26.2 Å². The Morgan fingerprint density at radius 1 is 1.12 bits per heavy atom. The fourth-order valence-corrected chi connectivity index (χ4v) is 3.43. The van der Waals surface area contributed by atoms with Crippen LogP contribution in [0.4, 0.5) is 14.9 Å². The van der Waals surface area contributed by atoms with Gasteiger partial charge in [0.25, 0.3) is 0 Å². The molecule has 1 heterocycles. The van der Waals surface area contributed by atoms with Crippen LogP contribution in [0.5, 0.6) is 0 Å². The fourth-order valence-electron chi connectivity index (χ4n) is 2.58. The summed E-state index contributed by atoms with van der Waals surface area (Å²) in [6, 6.07) is 4.89. The third-order valence-corrected chi connectivity index (χ3v) is 5.09. The molecule has 2 rings (SSSR count). The largest absolute Gasteiger partial charge is 0.450 e. The highest BCUT2D eigenvalue weighted by molar-refractivity contribution is 7.92. The Morgan fingerprint density at radius 3 is 2.15 bits per heavy atom. The van der Waals surface area contributed by atoms with Gasteiger partial charge in [0.05, 0.1) is 18.6 Å². The molecule has 2 amide bonds. The zero-order valence-electron chi connectivity index (χ0n) is 14.7. The molecule has 26 heavy (non-hydrogen) atoms. The minimum absolute atomic E-state index is 0.215. The van der Waals surface area contributed by atoms with E-state index in [0.717, 1.165) is 22.7 Å². The van der Waals surface area contributed by atoms with Crippen LogP contribution >= 0.6 is 0 Å². The molecule has 10 heteroatoms. The number of benzene rings is 1. The topological polar surface area (TPSA) is 87.2 Å². The third kappa shape index (κ3) is 5.07. The van der Waals surface area contributed by atoms with Gasteiger partial charge in [0.1, 0.15) is 12.4 Å². The third-order valence-electron chi connectivity index (χ3n) is 3.95. The van der Waals surface area contributed by atoms with Gasteiger partial charge in [0.2, 0.25) is 15.9 Å². The molecule has 0 unspecified atom stereocenters. The monoisotopic (exact) mass is 387 g/mol. The van der Waals surface area contributed by atoms with Gasteiger partial charge >= 0.3 is 6.09 Å². The fraction of sp³-hybridized carbons (Fsp3) is 0.500. The molecule has 1 aliphatic heterocycles. The summed E-state index contributed by atoms with van der Waals surface area (Å²) >= 11 is 0. The summed E-state index contributed by atoms with van der Waals surface area (Å²) in [6.07, 6.45) is 0.561. The first kappa shape index (κ1) is 20.0. The molecule has 0 aliphatic carbocycles. The Hall–Kier alpha value is -2.36. The number of nitrogens with zero attached hydrogens (tertiary/aromatic N) is 3. The normalized spacial score (nSPS) is 14.9. The summed E-state index contributed by atoms with van der Waals surface area (Å²) in [6.45, 7) is 2.83. The number of carbonyl (C=O) groups excluding carboxylic acids is 2. The van der Waals surface area contributed by atoms with Gasteiger partial charge in [-0.25, -0.2) is 17.6 Å². The van der Waals surface area contributed by atoms with Crippen LogP contribution in [0.25, 0.3) is 0 Å². The van der Waals surface area contributed by atoms with E-state index in [4.69, 9.17) is 4.74 Å². The van der Waals surface area contributed by atoms with Crippen LogP contribution < -0.4 is 4.31 Å². The first-order valence-corrected chi connectivity index (χ1v) is 10.00. The number of hydrogen-bond donors (Lipinski definition) is 0. The maximum absolute atomic E-state index is 13.1. The first-order valence-electron chi connectivity index (χ1n) is 8.15. The van der Waals surface area contributed by atoms with Crippen molar-refractivity contribution in [1.29, 1.82) is 0 Å². The van der Waals surface area contributed by atoms with Gasteiger partial charge in [-0.3, -0.25) is 9.10 Å². The van der Waals surface area contributed by atoms with E-state index in [-0.39, 0.29) is 24.7 Å². The Balaban J connectivity index is 2.02. The summed E-state index contributed by atoms with van der Waals surface area (Å²) in [5, 5.41) is 0. The van der Waals surface area contributed by atoms with Crippen molar-refractivity contribution in [3.05, 3.63) is 30.1 Å². The molecule has 0 saturated carbocycles. The lowest BCUT2D eigenvalue weighted by atomic mass is 10.3. The highest BCUT2D eigenvalue weighted by Gasteiger charge is 2.28. The molecular weight excluding hydrogens is 365 g/mol. The van der Waals surface area contributed by atoms with Crippen LogP contribution in [0, 0.1) is 5.82 Å². The van der Waals surface area contributed by atoms with E-state index in [0.29, 0.717) is 26.2 Å². The lowest BCUT2D eigenvalue weighted by Crippen LogP contribution is -2.53. The average molecular weight is 387 g/mol. The molecule has 0 N–H and O–H groups in total. The van der Waals surface area contributed by atoms with Crippen LogP contribution in [-0.4, -0.2) is 75.8 Å². The molecule has 1 saturated heterocycles. The van der Waals surface area contributed by atoms with Crippen LogP contribution in [0.2, 0.25) is 0 Å². The summed E-state index contributed by atoms with van der Waals surface area (Å²) in [5.41, 5.74) is 0.215. The van der Waals surface area contributed by atoms with Crippen LogP contribution in [-0.2, 0) is 19.6 Å². The molecule has 0 radical (unpaired) electrons. The number of halogens is 1. The van der Waals surface area contributed by atoms with Crippen molar-refractivity contribution in [1.82, 2.24) is 9.80 Å². The first-order chi connectivity index (χ1) is 12.2. The average Bonchev–Trinajstić information content (AvgIpc) is 2.60. The van der Waals surface area contributed by atoms with E-state index in [1.165, 1.54) is 21.9 Å². The molecule has 1 aliphatic rings. The SMILES string of the molecule is CCOC(=O)N1CCN(C(=O)CN(c2ccc(F)cc2)S(C)(=O)=O)CC1. The lowest BCUT2D eigenvalue weighted by Gasteiger charge is -2.35. The second-order valence-electron chi connectivity index (χ2n) is 5.81. The molecular formula is C16H22FN3O5S. The highest BCUT2D eigenvalue weighted by atomic mass is 32.2. The summed E-state index contributed by atoms with van der Waals surface area (Å²) in [5.74, 6) is -0.883. The number of sulfonamides is 1. The molecule has 1 aromatic carbocycles. The van der Waals surface area contributed by atoms with Crippen molar-refractivity contribution in [2.75, 3.05) is 49.9 Å². The van der Waals surface area contributed by atoms with Crippen molar-refractivity contribution in [2.24, 2.45) is 0 Å². The van der Waals surface area contributed by atoms with Crippen molar-refractivity contribution >= 4 is 27.7 Å². The predicted octanol–water partition coefficient (Wildman–Crippen LogP) is 0.892. The zero-order valence-corrected chi connectivity index (χ0v) is 15.5. The summed E-state index contributed by atoms with van der Waals surface area (Å²) in [7, 11) is -3.72. The number of piperazine rings is 1. The molecule has 0 spiro atoms. The van der Waals surface area contributed by atoms with Gasteiger partial charge in [-0.05, 0) is 31.2 Å². The highest BCUT2D eigenvalue weighted by Crippen LogP contribution is 2.18. The summed E-state index contributed by atoms with van der Waals surface area (Å²) < 4.78 is 43.0. The maximum atomic E-state index is 13.1.